The van der Waals surface area contributed by atoms with Gasteiger partial charge in [0.25, 0.3) is 5.52 Å². The Morgan fingerprint density at radius 3 is 1.96 bits per heavy atom. The van der Waals surface area contributed by atoms with Gasteiger partial charge in [0, 0.05) is 30.5 Å². The Labute approximate surface area is 261 Å². The number of aromatic nitrogens is 1. The predicted octanol–water partition coefficient (Wildman–Crippen LogP) is 5.12. The minimum atomic E-state index is -4.43. The summed E-state index contributed by atoms with van der Waals surface area (Å²) < 4.78 is 82.7. The van der Waals surface area contributed by atoms with E-state index in [2.05, 4.69) is 0 Å². The van der Waals surface area contributed by atoms with Crippen molar-refractivity contribution in [2.24, 2.45) is 0 Å². The molecule has 0 unspecified atom stereocenters. The Morgan fingerprint density at radius 1 is 0.711 bits per heavy atom. The molecule has 0 bridgehead atoms. The quantitative estimate of drug-likeness (QED) is 0.141. The molecule has 0 atom stereocenters. The molecule has 0 N–H and O–H groups in total. The first kappa shape index (κ1) is 30.5. The monoisotopic (exact) mass is 645 g/mol. The van der Waals surface area contributed by atoms with Crippen LogP contribution >= 0.6 is 0 Å². The van der Waals surface area contributed by atoms with Gasteiger partial charge in [-0.05, 0) is 46.9 Å². The number of hydrogen-bond donors (Lipinski definition) is 0. The Hall–Kier alpha value is -4.49. The van der Waals surface area contributed by atoms with E-state index in [4.69, 9.17) is 9.15 Å². The second kappa shape index (κ2) is 12.5. The molecule has 0 aliphatic carbocycles. The number of aryl methyl sites for hydroxylation is 1. The number of ether oxygens (including phenoxy) is 1. The van der Waals surface area contributed by atoms with E-state index in [0.717, 1.165) is 22.3 Å². The van der Waals surface area contributed by atoms with Crippen LogP contribution in [0.2, 0.25) is 0 Å². The van der Waals surface area contributed by atoms with Crippen LogP contribution in [0.1, 0.15) is 18.7 Å². The molecule has 0 saturated heterocycles. The van der Waals surface area contributed by atoms with Crippen molar-refractivity contribution in [3.63, 3.8) is 0 Å². The normalized spacial score (nSPS) is 14.2. The summed E-state index contributed by atoms with van der Waals surface area (Å²) in [6.07, 6.45) is 1.77. The van der Waals surface area contributed by atoms with Gasteiger partial charge in [0.1, 0.15) is 6.08 Å². The summed E-state index contributed by atoms with van der Waals surface area (Å²) in [6, 6.07) is 30.9. The van der Waals surface area contributed by atoms with Gasteiger partial charge < -0.3 is 23.2 Å². The molecule has 1 aromatic heterocycles. The van der Waals surface area contributed by atoms with Crippen molar-refractivity contribution in [3.8, 4) is 28.0 Å². The van der Waals surface area contributed by atoms with Crippen LogP contribution in [0.15, 0.2) is 107 Å². The summed E-state index contributed by atoms with van der Waals surface area (Å²) in [6.45, 7) is 0.344. The Kier molecular flexibility index (Phi) is 8.47. The maximum Gasteiger partial charge on any atom is 0.379 e. The van der Waals surface area contributed by atoms with Crippen LogP contribution in [0.25, 0.3) is 39.4 Å². The number of rotatable bonds is 11. The van der Waals surface area contributed by atoms with Gasteiger partial charge in [-0.15, -0.1) is 0 Å². The van der Waals surface area contributed by atoms with Gasteiger partial charge in [-0.1, -0.05) is 72.8 Å². The van der Waals surface area contributed by atoms with Crippen LogP contribution in [-0.2, 0) is 26.8 Å². The number of oxazole rings is 1. The second-order valence-corrected chi connectivity index (χ2v) is 13.7. The number of nitrogens with zero attached hydrogens (tertiary/aromatic N) is 2. The zero-order valence-corrected chi connectivity index (χ0v) is 25.7. The molecule has 5 aromatic rings. The van der Waals surface area contributed by atoms with Crippen LogP contribution in [0.3, 0.4) is 0 Å². The number of benzene rings is 4. The van der Waals surface area contributed by atoms with E-state index < -0.39 is 31.7 Å². The molecule has 0 fully saturated rings. The lowest BCUT2D eigenvalue weighted by Gasteiger charge is -2.19. The van der Waals surface area contributed by atoms with E-state index in [9.17, 15) is 25.9 Å². The van der Waals surface area contributed by atoms with Crippen molar-refractivity contribution < 1.29 is 39.7 Å². The highest BCUT2D eigenvalue weighted by atomic mass is 32.2. The van der Waals surface area contributed by atoms with Gasteiger partial charge in [0.15, 0.2) is 12.3 Å². The van der Waals surface area contributed by atoms with E-state index in [1.165, 1.54) is 0 Å². The zero-order valence-electron chi connectivity index (χ0n) is 24.0. The third-order valence-corrected chi connectivity index (χ3v) is 9.05. The van der Waals surface area contributed by atoms with Crippen LogP contribution in [0.4, 0.5) is 5.69 Å². The maximum absolute atomic E-state index is 11.4. The summed E-state index contributed by atoms with van der Waals surface area (Å²) >= 11 is 0. The molecule has 6 rings (SSSR count). The Bertz CT molecular complexity index is 2090. The third kappa shape index (κ3) is 7.26. The summed E-state index contributed by atoms with van der Waals surface area (Å²) in [4.78, 5) is 1.79. The SMILES string of the molecule is O=S(=O)([O-])CCCN1/C(=C/c2oc3ccc(-c4ccccc4)cc3[n+]2CCCS(=O)(=O)[O-])Oc2ccc(-c3ccccc3)cc21. The lowest BCUT2D eigenvalue weighted by molar-refractivity contribution is -0.677. The first-order chi connectivity index (χ1) is 21.5. The van der Waals surface area contributed by atoms with E-state index >= 15 is 0 Å². The first-order valence-corrected chi connectivity index (χ1v) is 17.5. The molecule has 4 aromatic carbocycles. The topological polar surface area (TPSA) is 144 Å². The third-order valence-electron chi connectivity index (χ3n) is 7.47. The molecule has 0 saturated carbocycles. The van der Waals surface area contributed by atoms with Gasteiger partial charge in [-0.25, -0.2) is 16.8 Å². The molecule has 10 nitrogen and oxygen atoms in total. The molecule has 0 amide bonds. The minimum absolute atomic E-state index is 0.0590. The lowest BCUT2D eigenvalue weighted by Crippen LogP contribution is -2.36. The molecule has 232 valence electrons. The van der Waals surface area contributed by atoms with Crippen molar-refractivity contribution in [2.45, 2.75) is 19.4 Å². The largest absolute Gasteiger partial charge is 0.748 e. The molecule has 12 heteroatoms. The van der Waals surface area contributed by atoms with Crippen molar-refractivity contribution in [3.05, 3.63) is 109 Å². The smallest absolute Gasteiger partial charge is 0.379 e. The highest BCUT2D eigenvalue weighted by molar-refractivity contribution is 7.85. The predicted molar refractivity (Wildman–Crippen MR) is 168 cm³/mol. The lowest BCUT2D eigenvalue weighted by atomic mass is 10.0. The average molecular weight is 646 g/mol. The van der Waals surface area contributed by atoms with Gasteiger partial charge in [-0.3, -0.25) is 0 Å². The second-order valence-electron chi connectivity index (χ2n) is 10.7. The van der Waals surface area contributed by atoms with Gasteiger partial charge in [0.2, 0.25) is 11.5 Å². The molecule has 2 heterocycles. The van der Waals surface area contributed by atoms with Crippen LogP contribution < -0.4 is 14.2 Å². The Balaban J connectivity index is 1.42. The van der Waals surface area contributed by atoms with Crippen LogP contribution in [-0.4, -0.2) is 44.0 Å². The van der Waals surface area contributed by atoms with Crippen molar-refractivity contribution in [1.82, 2.24) is 0 Å². The van der Waals surface area contributed by atoms with E-state index in [0.29, 0.717) is 34.3 Å². The summed E-state index contributed by atoms with van der Waals surface area (Å²) in [5, 5.41) is 0. The molecular formula is C33H29N2O8S2-. The number of fused-ring (bicyclic) bond motifs is 2. The van der Waals surface area contributed by atoms with E-state index in [-0.39, 0.29) is 25.9 Å². The molecular weight excluding hydrogens is 617 g/mol. The van der Waals surface area contributed by atoms with Gasteiger partial charge in [-0.2, -0.15) is 4.57 Å². The standard InChI is InChI=1S/C33H30N2O8S2/c36-44(37,38)19-7-17-34-28-21-26(24-9-3-1-4-10-24)13-15-30(28)42-32(34)23-33-35(18-8-20-45(39,40)41)29-22-27(14-16-31(29)43-33)25-11-5-2-6-12-25/h1-6,9-16,21-23H,7-8,17-20H2,(H-,36,37,38,39,40,41)/p-1. The van der Waals surface area contributed by atoms with Crippen LogP contribution in [0, 0.1) is 0 Å². The van der Waals surface area contributed by atoms with E-state index in [1.54, 1.807) is 15.5 Å². The van der Waals surface area contributed by atoms with Crippen molar-refractivity contribution in [1.29, 1.82) is 0 Å². The molecule has 1 aliphatic heterocycles. The van der Waals surface area contributed by atoms with Crippen LogP contribution in [0.5, 0.6) is 5.75 Å². The molecule has 0 spiro atoms. The zero-order chi connectivity index (χ0) is 31.6. The summed E-state index contributed by atoms with van der Waals surface area (Å²) in [5.41, 5.74) is 5.74. The number of anilines is 1. The fourth-order valence-corrected chi connectivity index (χ4v) is 6.37. The molecule has 0 radical (unpaired) electrons. The van der Waals surface area contributed by atoms with Crippen molar-refractivity contribution >= 4 is 43.1 Å². The highest BCUT2D eigenvalue weighted by Gasteiger charge is 2.30. The highest BCUT2D eigenvalue weighted by Crippen LogP contribution is 2.42. The fourth-order valence-electron chi connectivity index (χ4n) is 5.40. The van der Waals surface area contributed by atoms with E-state index in [1.807, 2.05) is 97.1 Å². The first-order valence-electron chi connectivity index (χ1n) is 14.3. The minimum Gasteiger partial charge on any atom is -0.748 e. The fraction of sp³-hybridized carbons (Fsp3) is 0.182. The Morgan fingerprint density at radius 2 is 1.31 bits per heavy atom. The number of hydrogen-bond acceptors (Lipinski definition) is 9. The van der Waals surface area contributed by atoms with Gasteiger partial charge >= 0.3 is 5.89 Å². The van der Waals surface area contributed by atoms with Crippen molar-refractivity contribution in [2.75, 3.05) is 23.0 Å². The van der Waals surface area contributed by atoms with Gasteiger partial charge in [0.05, 0.1) is 25.9 Å². The molecule has 1 aliphatic rings. The summed E-state index contributed by atoms with van der Waals surface area (Å²) in [7, 11) is -8.86. The maximum atomic E-state index is 11.4. The molecule has 45 heavy (non-hydrogen) atoms. The summed E-state index contributed by atoms with van der Waals surface area (Å²) in [5.74, 6) is 0.136. The average Bonchev–Trinajstić information content (AvgIpc) is 3.53.